The predicted molar refractivity (Wildman–Crippen MR) is 79.9 cm³/mol. The summed E-state index contributed by atoms with van der Waals surface area (Å²) in [6.07, 6.45) is 2.34. The summed E-state index contributed by atoms with van der Waals surface area (Å²) in [6, 6.07) is 6.01. The Morgan fingerprint density at radius 1 is 1.27 bits per heavy atom. The van der Waals surface area contributed by atoms with Gasteiger partial charge in [-0.1, -0.05) is 0 Å². The van der Waals surface area contributed by atoms with Crippen molar-refractivity contribution in [2.45, 2.75) is 24.2 Å². The van der Waals surface area contributed by atoms with Crippen molar-refractivity contribution in [3.8, 4) is 0 Å². The van der Waals surface area contributed by atoms with Crippen LogP contribution >= 0.6 is 0 Å². The van der Waals surface area contributed by atoms with Gasteiger partial charge in [-0.25, -0.2) is 8.42 Å². The fourth-order valence-electron chi connectivity index (χ4n) is 2.19. The molecule has 1 aromatic carbocycles. The van der Waals surface area contributed by atoms with Crippen molar-refractivity contribution in [3.63, 3.8) is 0 Å². The van der Waals surface area contributed by atoms with Crippen LogP contribution in [0.25, 0.3) is 0 Å². The lowest BCUT2D eigenvalue weighted by Gasteiger charge is -2.26. The molecule has 0 radical (unpaired) electrons. The third-order valence-electron chi connectivity index (χ3n) is 3.42. The number of benzene rings is 1. The highest BCUT2D eigenvalue weighted by atomic mass is 32.2. The topological polar surface area (TPSA) is 92.8 Å². The number of sulfonamides is 1. The molecule has 1 aliphatic heterocycles. The Morgan fingerprint density at radius 2 is 1.95 bits per heavy atom. The monoisotopic (exact) mass is 326 g/mol. The van der Waals surface area contributed by atoms with Gasteiger partial charge in [0, 0.05) is 18.7 Å². The van der Waals surface area contributed by atoms with E-state index in [4.69, 9.17) is 0 Å². The van der Waals surface area contributed by atoms with Gasteiger partial charge in [0.1, 0.15) is 6.54 Å². The van der Waals surface area contributed by atoms with Crippen LogP contribution in [0.3, 0.4) is 0 Å². The van der Waals surface area contributed by atoms with Gasteiger partial charge in [0.15, 0.2) is 0 Å². The van der Waals surface area contributed by atoms with Crippen molar-refractivity contribution in [2.75, 3.05) is 25.1 Å². The Balaban J connectivity index is 2.10. The van der Waals surface area contributed by atoms with E-state index in [2.05, 4.69) is 9.46 Å². The molecule has 1 aliphatic rings. The first-order chi connectivity index (χ1) is 10.4. The number of carbonyl (C=O) groups is 2. The van der Waals surface area contributed by atoms with Crippen LogP contribution in [0.2, 0.25) is 0 Å². The number of rotatable bonds is 5. The number of ether oxygens (including phenoxy) is 1. The van der Waals surface area contributed by atoms with Crippen LogP contribution in [0.4, 0.5) is 5.69 Å². The first-order valence-electron chi connectivity index (χ1n) is 6.91. The zero-order valence-electron chi connectivity index (χ0n) is 12.2. The quantitative estimate of drug-likeness (QED) is 0.802. The molecule has 2 rings (SSSR count). The number of anilines is 1. The summed E-state index contributed by atoms with van der Waals surface area (Å²) in [5, 5.41) is 0. The van der Waals surface area contributed by atoms with Gasteiger partial charge >= 0.3 is 5.97 Å². The average molecular weight is 326 g/mol. The van der Waals surface area contributed by atoms with Crippen molar-refractivity contribution < 1.29 is 22.7 Å². The molecule has 0 aromatic heterocycles. The third-order valence-corrected chi connectivity index (χ3v) is 4.83. The molecule has 1 saturated heterocycles. The molecule has 0 unspecified atom stereocenters. The Bertz CT molecular complexity index is 654. The molecule has 0 bridgehead atoms. The summed E-state index contributed by atoms with van der Waals surface area (Å²) in [5.74, 6) is -0.621. The van der Waals surface area contributed by atoms with Crippen LogP contribution < -0.4 is 9.62 Å². The molecule has 1 aromatic rings. The van der Waals surface area contributed by atoms with E-state index in [0.717, 1.165) is 12.8 Å². The summed E-state index contributed by atoms with van der Waals surface area (Å²) in [4.78, 5) is 24.5. The highest BCUT2D eigenvalue weighted by Crippen LogP contribution is 2.22. The largest absolute Gasteiger partial charge is 0.468 e. The Kier molecular flexibility index (Phi) is 5.15. The molecular formula is C14H18N2O5S. The molecule has 22 heavy (non-hydrogen) atoms. The smallest absolute Gasteiger partial charge is 0.320 e. The molecular weight excluding hydrogens is 308 g/mol. The van der Waals surface area contributed by atoms with Gasteiger partial charge in [-0.2, -0.15) is 4.72 Å². The molecule has 1 fully saturated rings. The summed E-state index contributed by atoms with van der Waals surface area (Å²) in [7, 11) is -2.60. The summed E-state index contributed by atoms with van der Waals surface area (Å²) < 4.78 is 30.5. The number of carbonyl (C=O) groups excluding carboxylic acids is 2. The summed E-state index contributed by atoms with van der Waals surface area (Å²) in [6.45, 7) is 0.219. The molecule has 1 heterocycles. The second-order valence-electron chi connectivity index (χ2n) is 4.90. The van der Waals surface area contributed by atoms with Crippen molar-refractivity contribution in [1.29, 1.82) is 0 Å². The van der Waals surface area contributed by atoms with Gasteiger partial charge < -0.3 is 9.64 Å². The van der Waals surface area contributed by atoms with Crippen LogP contribution in [0, 0.1) is 0 Å². The molecule has 0 saturated carbocycles. The van der Waals surface area contributed by atoms with E-state index in [1.165, 1.54) is 19.2 Å². The highest BCUT2D eigenvalue weighted by Gasteiger charge is 2.21. The van der Waals surface area contributed by atoms with E-state index in [-0.39, 0.29) is 10.8 Å². The lowest BCUT2D eigenvalue weighted by molar-refractivity contribution is -0.139. The van der Waals surface area contributed by atoms with Gasteiger partial charge in [0.2, 0.25) is 15.9 Å². The van der Waals surface area contributed by atoms with E-state index in [0.29, 0.717) is 18.7 Å². The maximum Gasteiger partial charge on any atom is 0.320 e. The number of nitrogens with one attached hydrogen (secondary N) is 1. The number of piperidine rings is 1. The zero-order valence-corrected chi connectivity index (χ0v) is 13.1. The molecule has 7 nitrogen and oxygen atoms in total. The van der Waals surface area contributed by atoms with Gasteiger partial charge in [-0.15, -0.1) is 0 Å². The van der Waals surface area contributed by atoms with Gasteiger partial charge in [0.25, 0.3) is 0 Å². The SMILES string of the molecule is COC(=O)CNS(=O)(=O)c1ccc(N2CCCCC2=O)cc1. The van der Waals surface area contributed by atoms with Crippen LogP contribution in [-0.2, 0) is 24.3 Å². The summed E-state index contributed by atoms with van der Waals surface area (Å²) in [5.41, 5.74) is 0.677. The van der Waals surface area contributed by atoms with Crippen LogP contribution in [0.15, 0.2) is 29.2 Å². The first-order valence-corrected chi connectivity index (χ1v) is 8.39. The van der Waals surface area contributed by atoms with Crippen LogP contribution in [0.1, 0.15) is 19.3 Å². The Hall–Kier alpha value is -1.93. The molecule has 0 atom stereocenters. The van der Waals surface area contributed by atoms with Gasteiger partial charge in [0.05, 0.1) is 12.0 Å². The fourth-order valence-corrected chi connectivity index (χ4v) is 3.16. The maximum absolute atomic E-state index is 12.0. The van der Waals surface area contributed by atoms with Crippen molar-refractivity contribution in [2.24, 2.45) is 0 Å². The molecule has 8 heteroatoms. The van der Waals surface area contributed by atoms with E-state index >= 15 is 0 Å². The molecule has 0 aliphatic carbocycles. The minimum atomic E-state index is -3.78. The lowest BCUT2D eigenvalue weighted by Crippen LogP contribution is -2.35. The number of methoxy groups -OCH3 is 1. The standard InChI is InChI=1S/C14H18N2O5S/c1-21-14(18)10-15-22(19,20)12-7-5-11(6-8-12)16-9-3-2-4-13(16)17/h5-8,15H,2-4,9-10H2,1H3. The zero-order chi connectivity index (χ0) is 16.2. The van der Waals surface area contributed by atoms with Gasteiger partial charge in [-0.3, -0.25) is 9.59 Å². The van der Waals surface area contributed by atoms with Crippen molar-refractivity contribution in [1.82, 2.24) is 4.72 Å². The van der Waals surface area contributed by atoms with E-state index < -0.39 is 22.5 Å². The number of hydrogen-bond donors (Lipinski definition) is 1. The van der Waals surface area contributed by atoms with Crippen LogP contribution in [-0.4, -0.2) is 40.5 Å². The van der Waals surface area contributed by atoms with E-state index in [1.807, 2.05) is 0 Å². The number of amides is 1. The number of nitrogens with zero attached hydrogens (tertiary/aromatic N) is 1. The molecule has 0 spiro atoms. The average Bonchev–Trinajstić information content (AvgIpc) is 2.53. The Morgan fingerprint density at radius 3 is 2.55 bits per heavy atom. The molecule has 1 N–H and O–H groups in total. The predicted octanol–water partition coefficient (Wildman–Crippen LogP) is 0.655. The Labute approximate surface area is 129 Å². The maximum atomic E-state index is 12.0. The molecule has 120 valence electrons. The normalized spacial score (nSPS) is 15.7. The highest BCUT2D eigenvalue weighted by molar-refractivity contribution is 7.89. The first kappa shape index (κ1) is 16.4. The van der Waals surface area contributed by atoms with E-state index in [1.54, 1.807) is 17.0 Å². The minimum absolute atomic E-state index is 0.0320. The second-order valence-corrected chi connectivity index (χ2v) is 6.66. The minimum Gasteiger partial charge on any atom is -0.468 e. The lowest BCUT2D eigenvalue weighted by atomic mass is 10.1. The van der Waals surface area contributed by atoms with Crippen LogP contribution in [0.5, 0.6) is 0 Å². The molecule has 1 amide bonds. The van der Waals surface area contributed by atoms with Gasteiger partial charge in [-0.05, 0) is 37.1 Å². The second kappa shape index (κ2) is 6.89. The number of hydrogen-bond acceptors (Lipinski definition) is 5. The fraction of sp³-hybridized carbons (Fsp3) is 0.429. The number of esters is 1. The summed E-state index contributed by atoms with van der Waals surface area (Å²) >= 11 is 0. The van der Waals surface area contributed by atoms with Crippen molar-refractivity contribution in [3.05, 3.63) is 24.3 Å². The van der Waals surface area contributed by atoms with E-state index in [9.17, 15) is 18.0 Å². The van der Waals surface area contributed by atoms with Crippen molar-refractivity contribution >= 4 is 27.6 Å². The third kappa shape index (κ3) is 3.83.